The minimum atomic E-state index is -0.761. The molecule has 0 aromatic rings. The summed E-state index contributed by atoms with van der Waals surface area (Å²) < 4.78 is 16.7. The van der Waals surface area contributed by atoms with Crippen LogP contribution in [0.1, 0.15) is 285 Å². The lowest BCUT2D eigenvalue weighted by Gasteiger charge is -2.18. The molecule has 0 aliphatic carbocycles. The number of rotatable bonds is 46. The Balaban J connectivity index is 4.14. The molecule has 0 bridgehead atoms. The van der Waals surface area contributed by atoms with E-state index in [9.17, 15) is 14.4 Å². The largest absolute Gasteiger partial charge is 0.462 e. The van der Waals surface area contributed by atoms with E-state index in [0.717, 1.165) is 69.6 Å². The van der Waals surface area contributed by atoms with Gasteiger partial charge in [-0.1, -0.05) is 247 Å². The third-order valence-corrected chi connectivity index (χ3v) is 11.7. The summed E-state index contributed by atoms with van der Waals surface area (Å²) in [6, 6.07) is 0. The second-order valence-electron chi connectivity index (χ2n) is 18.8. The molecule has 0 aromatic heterocycles. The molecule has 0 aromatic carbocycles. The van der Waals surface area contributed by atoms with Crippen LogP contribution in [-0.2, 0) is 28.6 Å². The van der Waals surface area contributed by atoms with Gasteiger partial charge in [0.1, 0.15) is 13.2 Å². The van der Waals surface area contributed by atoms with Crippen molar-refractivity contribution in [2.45, 2.75) is 291 Å². The fourth-order valence-electron chi connectivity index (χ4n) is 7.81. The smallest absolute Gasteiger partial charge is 0.306 e. The lowest BCUT2D eigenvalue weighted by Crippen LogP contribution is -2.30. The van der Waals surface area contributed by atoms with E-state index >= 15 is 0 Å². The number of carbonyl (C=O) groups excluding carboxylic acids is 3. The Kier molecular flexibility index (Phi) is 43.7. The minimum Gasteiger partial charge on any atom is -0.462 e. The van der Waals surface area contributed by atoms with Crippen molar-refractivity contribution in [3.8, 4) is 0 Å². The SMILES string of the molecule is CCCCCCCCCCCCC(=O)O[C@H](COC(=O)CCCCCCCCCCCCCCCCCCCCC(C)C)COC(=O)CCCCCCCCC(C)C. The lowest BCUT2D eigenvalue weighted by molar-refractivity contribution is -0.167. The van der Waals surface area contributed by atoms with Gasteiger partial charge in [0.15, 0.2) is 6.10 Å². The summed E-state index contributed by atoms with van der Waals surface area (Å²) in [5, 5.41) is 0. The Morgan fingerprint density at radius 3 is 0.845 bits per heavy atom. The summed E-state index contributed by atoms with van der Waals surface area (Å²) in [4.78, 5) is 37.8. The minimum absolute atomic E-state index is 0.0645. The predicted molar refractivity (Wildman–Crippen MR) is 247 cm³/mol. The molecule has 344 valence electrons. The van der Waals surface area contributed by atoms with Crippen molar-refractivity contribution < 1.29 is 28.6 Å². The maximum atomic E-state index is 12.7. The highest BCUT2D eigenvalue weighted by Gasteiger charge is 2.19. The van der Waals surface area contributed by atoms with Crippen molar-refractivity contribution in [3.05, 3.63) is 0 Å². The summed E-state index contributed by atoms with van der Waals surface area (Å²) in [7, 11) is 0. The van der Waals surface area contributed by atoms with Crippen LogP contribution >= 0.6 is 0 Å². The van der Waals surface area contributed by atoms with Crippen LogP contribution in [0.15, 0.2) is 0 Å². The van der Waals surface area contributed by atoms with Gasteiger partial charge in [0.05, 0.1) is 0 Å². The first-order valence-corrected chi connectivity index (χ1v) is 25.7. The van der Waals surface area contributed by atoms with Crippen LogP contribution in [0.4, 0.5) is 0 Å². The maximum absolute atomic E-state index is 12.7. The first kappa shape index (κ1) is 56.4. The second kappa shape index (κ2) is 44.9. The predicted octanol–water partition coefficient (Wildman–Crippen LogP) is 16.5. The van der Waals surface area contributed by atoms with E-state index in [2.05, 4.69) is 34.6 Å². The Labute approximate surface area is 361 Å². The van der Waals surface area contributed by atoms with E-state index in [0.29, 0.717) is 19.3 Å². The maximum Gasteiger partial charge on any atom is 0.306 e. The highest BCUT2D eigenvalue weighted by atomic mass is 16.6. The molecule has 1 atom stereocenters. The Morgan fingerprint density at radius 2 is 0.569 bits per heavy atom. The molecule has 0 N–H and O–H groups in total. The molecule has 0 aliphatic heterocycles. The van der Waals surface area contributed by atoms with Gasteiger partial charge in [-0.15, -0.1) is 0 Å². The van der Waals surface area contributed by atoms with Crippen molar-refractivity contribution in [1.82, 2.24) is 0 Å². The zero-order valence-corrected chi connectivity index (χ0v) is 39.7. The molecule has 0 saturated carbocycles. The summed E-state index contributed by atoms with van der Waals surface area (Å²) in [5.74, 6) is 0.767. The number of carbonyl (C=O) groups is 3. The number of hydrogen-bond donors (Lipinski definition) is 0. The fourth-order valence-corrected chi connectivity index (χ4v) is 7.81. The Morgan fingerprint density at radius 1 is 0.328 bits per heavy atom. The summed E-state index contributed by atoms with van der Waals surface area (Å²) in [5.41, 5.74) is 0. The molecule has 0 saturated heterocycles. The van der Waals surface area contributed by atoms with Crippen molar-refractivity contribution >= 4 is 17.9 Å². The van der Waals surface area contributed by atoms with Crippen molar-refractivity contribution in [2.24, 2.45) is 11.8 Å². The molecular weight excluding hydrogens is 721 g/mol. The van der Waals surface area contributed by atoms with Gasteiger partial charge < -0.3 is 14.2 Å². The molecule has 58 heavy (non-hydrogen) atoms. The highest BCUT2D eigenvalue weighted by Crippen LogP contribution is 2.17. The third kappa shape index (κ3) is 45.5. The molecule has 0 heterocycles. The number of unbranched alkanes of at least 4 members (excludes halogenated alkanes) is 31. The van der Waals surface area contributed by atoms with E-state index in [1.54, 1.807) is 0 Å². The van der Waals surface area contributed by atoms with Gasteiger partial charge in [0.25, 0.3) is 0 Å². The molecule has 0 spiro atoms. The Bertz CT molecular complexity index is 885. The highest BCUT2D eigenvalue weighted by molar-refractivity contribution is 5.71. The van der Waals surface area contributed by atoms with Gasteiger partial charge in [-0.05, 0) is 31.1 Å². The third-order valence-electron chi connectivity index (χ3n) is 11.7. The number of esters is 3. The summed E-state index contributed by atoms with van der Waals surface area (Å²) >= 11 is 0. The zero-order chi connectivity index (χ0) is 42.6. The summed E-state index contributed by atoms with van der Waals surface area (Å²) in [6.07, 6.45) is 45.4. The van der Waals surface area contributed by atoms with Gasteiger partial charge in [-0.25, -0.2) is 0 Å². The first-order valence-electron chi connectivity index (χ1n) is 25.7. The lowest BCUT2D eigenvalue weighted by atomic mass is 10.0. The van der Waals surface area contributed by atoms with Crippen LogP contribution in [0.25, 0.3) is 0 Å². The average Bonchev–Trinajstić information content (AvgIpc) is 3.19. The van der Waals surface area contributed by atoms with Crippen LogP contribution < -0.4 is 0 Å². The molecule has 0 radical (unpaired) electrons. The zero-order valence-electron chi connectivity index (χ0n) is 39.7. The molecular formula is C52H100O6. The van der Waals surface area contributed by atoms with E-state index in [4.69, 9.17) is 14.2 Å². The molecule has 0 unspecified atom stereocenters. The van der Waals surface area contributed by atoms with E-state index in [1.165, 1.54) is 173 Å². The molecule has 0 aliphatic rings. The normalized spacial score (nSPS) is 12.1. The van der Waals surface area contributed by atoms with Crippen LogP contribution in [0, 0.1) is 11.8 Å². The first-order chi connectivity index (χ1) is 28.2. The van der Waals surface area contributed by atoms with E-state index in [1.807, 2.05) is 0 Å². The van der Waals surface area contributed by atoms with Gasteiger partial charge in [-0.2, -0.15) is 0 Å². The molecule has 0 fully saturated rings. The molecule has 0 rings (SSSR count). The van der Waals surface area contributed by atoms with Crippen LogP contribution in [-0.4, -0.2) is 37.2 Å². The van der Waals surface area contributed by atoms with Gasteiger partial charge in [-0.3, -0.25) is 14.4 Å². The topological polar surface area (TPSA) is 78.9 Å². The monoisotopic (exact) mass is 821 g/mol. The standard InChI is InChI=1S/C52H100O6/c1-6-7-8-9-10-11-23-27-34-39-44-52(55)58-49(46-57-51(54)43-38-33-29-28-31-36-41-48(4)5)45-56-50(53)42-37-32-26-24-21-19-17-15-13-12-14-16-18-20-22-25-30-35-40-47(2)3/h47-49H,6-46H2,1-5H3/t49-/m1/s1. The van der Waals surface area contributed by atoms with Gasteiger partial charge >= 0.3 is 17.9 Å². The Hall–Kier alpha value is -1.59. The van der Waals surface area contributed by atoms with E-state index < -0.39 is 6.10 Å². The average molecular weight is 821 g/mol. The molecule has 6 nitrogen and oxygen atoms in total. The van der Waals surface area contributed by atoms with E-state index in [-0.39, 0.29) is 31.1 Å². The quantitative estimate of drug-likeness (QED) is 0.0346. The van der Waals surface area contributed by atoms with Crippen LogP contribution in [0.5, 0.6) is 0 Å². The molecule has 6 heteroatoms. The fraction of sp³-hybridized carbons (Fsp3) is 0.942. The number of ether oxygens (including phenoxy) is 3. The van der Waals surface area contributed by atoms with Gasteiger partial charge in [0, 0.05) is 19.3 Å². The molecule has 0 amide bonds. The number of hydrogen-bond acceptors (Lipinski definition) is 6. The van der Waals surface area contributed by atoms with Gasteiger partial charge in [0.2, 0.25) is 0 Å². The van der Waals surface area contributed by atoms with Crippen LogP contribution in [0.2, 0.25) is 0 Å². The summed E-state index contributed by atoms with van der Waals surface area (Å²) in [6.45, 7) is 11.3. The van der Waals surface area contributed by atoms with Crippen molar-refractivity contribution in [3.63, 3.8) is 0 Å². The van der Waals surface area contributed by atoms with Crippen molar-refractivity contribution in [1.29, 1.82) is 0 Å². The van der Waals surface area contributed by atoms with Crippen molar-refractivity contribution in [2.75, 3.05) is 13.2 Å². The van der Waals surface area contributed by atoms with Crippen LogP contribution in [0.3, 0.4) is 0 Å². The second-order valence-corrected chi connectivity index (χ2v) is 18.8.